The summed E-state index contributed by atoms with van der Waals surface area (Å²) in [6.07, 6.45) is 0. The standard InChI is InChI=1S/C15H23FN2O/c1-15(2,12-19)11-17-7-9-18(10-8-17)14-6-4-3-5-13(14)16/h3-6,19H,7-12H2,1-2H3. The zero-order valence-electron chi connectivity index (χ0n) is 11.8. The Balaban J connectivity index is 1.91. The van der Waals surface area contributed by atoms with Gasteiger partial charge in [0.1, 0.15) is 5.82 Å². The van der Waals surface area contributed by atoms with E-state index in [0.717, 1.165) is 32.7 Å². The third-order valence-corrected chi connectivity index (χ3v) is 3.65. The molecule has 19 heavy (non-hydrogen) atoms. The second kappa shape index (κ2) is 5.88. The summed E-state index contributed by atoms with van der Waals surface area (Å²) in [6.45, 7) is 8.71. The minimum Gasteiger partial charge on any atom is -0.396 e. The maximum atomic E-state index is 13.7. The van der Waals surface area contributed by atoms with Gasteiger partial charge in [0.25, 0.3) is 0 Å². The van der Waals surface area contributed by atoms with Crippen molar-refractivity contribution >= 4 is 5.69 Å². The molecule has 1 saturated heterocycles. The lowest BCUT2D eigenvalue weighted by atomic mass is 9.94. The summed E-state index contributed by atoms with van der Waals surface area (Å²) in [4.78, 5) is 4.44. The number of piperazine rings is 1. The average molecular weight is 266 g/mol. The molecule has 1 aliphatic heterocycles. The summed E-state index contributed by atoms with van der Waals surface area (Å²) < 4.78 is 13.7. The van der Waals surface area contributed by atoms with Crippen LogP contribution in [0.25, 0.3) is 0 Å². The molecule has 4 heteroatoms. The van der Waals surface area contributed by atoms with Crippen molar-refractivity contribution in [3.63, 3.8) is 0 Å². The van der Waals surface area contributed by atoms with Gasteiger partial charge in [0, 0.05) is 44.7 Å². The second-order valence-electron chi connectivity index (χ2n) is 6.04. The summed E-state index contributed by atoms with van der Waals surface area (Å²) in [6, 6.07) is 6.94. The fourth-order valence-electron chi connectivity index (χ4n) is 2.51. The van der Waals surface area contributed by atoms with Crippen molar-refractivity contribution in [2.24, 2.45) is 5.41 Å². The number of rotatable bonds is 4. The normalized spacial score (nSPS) is 17.8. The zero-order chi connectivity index (χ0) is 13.9. The van der Waals surface area contributed by atoms with Crippen LogP contribution in [-0.4, -0.2) is 49.3 Å². The summed E-state index contributed by atoms with van der Waals surface area (Å²) >= 11 is 0. The molecule has 0 spiro atoms. The van der Waals surface area contributed by atoms with Gasteiger partial charge in [0.2, 0.25) is 0 Å². The van der Waals surface area contributed by atoms with Crippen LogP contribution in [0.3, 0.4) is 0 Å². The lowest BCUT2D eigenvalue weighted by Gasteiger charge is -2.39. The average Bonchev–Trinajstić information content (AvgIpc) is 2.40. The van der Waals surface area contributed by atoms with Crippen LogP contribution in [0.2, 0.25) is 0 Å². The monoisotopic (exact) mass is 266 g/mol. The van der Waals surface area contributed by atoms with Gasteiger partial charge in [-0.15, -0.1) is 0 Å². The van der Waals surface area contributed by atoms with Crippen molar-refractivity contribution in [2.45, 2.75) is 13.8 Å². The topological polar surface area (TPSA) is 26.7 Å². The maximum absolute atomic E-state index is 13.7. The van der Waals surface area contributed by atoms with Crippen molar-refractivity contribution in [3.8, 4) is 0 Å². The van der Waals surface area contributed by atoms with Crippen LogP contribution >= 0.6 is 0 Å². The molecule has 2 rings (SSSR count). The van der Waals surface area contributed by atoms with E-state index in [9.17, 15) is 9.50 Å². The third-order valence-electron chi connectivity index (χ3n) is 3.65. The number of aliphatic hydroxyl groups is 1. The van der Waals surface area contributed by atoms with E-state index in [1.54, 1.807) is 6.07 Å². The number of hydrogen-bond donors (Lipinski definition) is 1. The SMILES string of the molecule is CC(C)(CO)CN1CCN(c2ccccc2F)CC1. The molecule has 1 aromatic rings. The Hall–Kier alpha value is -1.13. The Kier molecular flexibility index (Phi) is 4.42. The minimum absolute atomic E-state index is 0.0693. The van der Waals surface area contributed by atoms with E-state index >= 15 is 0 Å². The Bertz CT molecular complexity index is 414. The number of anilines is 1. The molecule has 0 aromatic heterocycles. The first kappa shape index (κ1) is 14.3. The van der Waals surface area contributed by atoms with Gasteiger partial charge >= 0.3 is 0 Å². The molecule has 0 atom stereocenters. The van der Waals surface area contributed by atoms with Crippen molar-refractivity contribution < 1.29 is 9.50 Å². The fourth-order valence-corrected chi connectivity index (χ4v) is 2.51. The minimum atomic E-state index is -0.147. The summed E-state index contributed by atoms with van der Waals surface area (Å²) in [5, 5.41) is 9.30. The van der Waals surface area contributed by atoms with Crippen LogP contribution in [0.5, 0.6) is 0 Å². The summed E-state index contributed by atoms with van der Waals surface area (Å²) in [7, 11) is 0. The number of nitrogens with zero attached hydrogens (tertiary/aromatic N) is 2. The van der Waals surface area contributed by atoms with E-state index in [0.29, 0.717) is 5.69 Å². The number of para-hydroxylation sites is 1. The van der Waals surface area contributed by atoms with Gasteiger partial charge in [0.15, 0.2) is 0 Å². The van der Waals surface area contributed by atoms with E-state index in [1.807, 2.05) is 12.1 Å². The molecule has 0 amide bonds. The molecule has 1 N–H and O–H groups in total. The van der Waals surface area contributed by atoms with Gasteiger partial charge in [-0.25, -0.2) is 4.39 Å². The van der Waals surface area contributed by atoms with Gasteiger partial charge in [-0.2, -0.15) is 0 Å². The molecule has 106 valence electrons. The van der Waals surface area contributed by atoms with Crippen LogP contribution in [0, 0.1) is 11.2 Å². The lowest BCUT2D eigenvalue weighted by molar-refractivity contribution is 0.0995. The van der Waals surface area contributed by atoms with Crippen molar-refractivity contribution in [1.29, 1.82) is 0 Å². The predicted molar refractivity (Wildman–Crippen MR) is 75.9 cm³/mol. The lowest BCUT2D eigenvalue weighted by Crippen LogP contribution is -2.49. The van der Waals surface area contributed by atoms with Gasteiger partial charge in [0.05, 0.1) is 5.69 Å². The predicted octanol–water partition coefficient (Wildman–Crippen LogP) is 1.97. The largest absolute Gasteiger partial charge is 0.396 e. The maximum Gasteiger partial charge on any atom is 0.146 e. The van der Waals surface area contributed by atoms with E-state index in [4.69, 9.17) is 0 Å². The van der Waals surface area contributed by atoms with Crippen LogP contribution in [-0.2, 0) is 0 Å². The van der Waals surface area contributed by atoms with Gasteiger partial charge in [-0.1, -0.05) is 26.0 Å². The van der Waals surface area contributed by atoms with Crippen LogP contribution in [0.1, 0.15) is 13.8 Å². The van der Waals surface area contributed by atoms with Gasteiger partial charge in [-0.3, -0.25) is 4.90 Å². The van der Waals surface area contributed by atoms with Crippen molar-refractivity contribution in [3.05, 3.63) is 30.1 Å². The van der Waals surface area contributed by atoms with E-state index in [2.05, 4.69) is 23.6 Å². The Morgan fingerprint density at radius 1 is 1.16 bits per heavy atom. The van der Waals surface area contributed by atoms with Crippen molar-refractivity contribution in [2.75, 3.05) is 44.2 Å². The highest BCUT2D eigenvalue weighted by Crippen LogP contribution is 2.22. The first-order chi connectivity index (χ1) is 9.02. The zero-order valence-corrected chi connectivity index (χ0v) is 11.8. The first-order valence-electron chi connectivity index (χ1n) is 6.84. The highest BCUT2D eigenvalue weighted by Gasteiger charge is 2.25. The fraction of sp³-hybridized carbons (Fsp3) is 0.600. The number of halogens is 1. The molecule has 1 fully saturated rings. The highest BCUT2D eigenvalue weighted by atomic mass is 19.1. The smallest absolute Gasteiger partial charge is 0.146 e. The molecule has 1 heterocycles. The summed E-state index contributed by atoms with van der Waals surface area (Å²) in [5.41, 5.74) is 0.628. The molecule has 0 aliphatic carbocycles. The first-order valence-corrected chi connectivity index (χ1v) is 6.84. The highest BCUT2D eigenvalue weighted by molar-refractivity contribution is 5.47. The molecule has 3 nitrogen and oxygen atoms in total. The molecular weight excluding hydrogens is 243 g/mol. The second-order valence-corrected chi connectivity index (χ2v) is 6.04. The Morgan fingerprint density at radius 2 is 1.79 bits per heavy atom. The number of benzene rings is 1. The molecule has 1 aromatic carbocycles. The van der Waals surface area contributed by atoms with Gasteiger partial charge in [-0.05, 0) is 12.1 Å². The van der Waals surface area contributed by atoms with E-state index < -0.39 is 0 Å². The molecule has 1 aliphatic rings. The van der Waals surface area contributed by atoms with E-state index in [1.165, 1.54) is 6.07 Å². The Morgan fingerprint density at radius 3 is 2.37 bits per heavy atom. The molecule has 0 radical (unpaired) electrons. The third kappa shape index (κ3) is 3.67. The molecular formula is C15H23FN2O. The number of hydrogen-bond acceptors (Lipinski definition) is 3. The molecule has 0 bridgehead atoms. The quantitative estimate of drug-likeness (QED) is 0.902. The number of aliphatic hydroxyl groups excluding tert-OH is 1. The van der Waals surface area contributed by atoms with Gasteiger partial charge < -0.3 is 10.0 Å². The Labute approximate surface area is 114 Å². The molecule has 0 saturated carbocycles. The van der Waals surface area contributed by atoms with Crippen LogP contribution < -0.4 is 4.90 Å². The van der Waals surface area contributed by atoms with Crippen LogP contribution in [0.15, 0.2) is 24.3 Å². The van der Waals surface area contributed by atoms with Crippen LogP contribution in [0.4, 0.5) is 10.1 Å². The van der Waals surface area contributed by atoms with Crippen molar-refractivity contribution in [1.82, 2.24) is 4.90 Å². The summed E-state index contributed by atoms with van der Waals surface area (Å²) in [5.74, 6) is -0.147. The molecule has 0 unspecified atom stereocenters. The van der Waals surface area contributed by atoms with E-state index in [-0.39, 0.29) is 17.8 Å².